The van der Waals surface area contributed by atoms with Crippen LogP contribution < -0.4 is 15.8 Å². The molecule has 1 aromatic carbocycles. The highest BCUT2D eigenvalue weighted by molar-refractivity contribution is 7.90. The van der Waals surface area contributed by atoms with Crippen LogP contribution in [0.1, 0.15) is 51.4 Å². The SMILES string of the molecule is N[C@]12C[C@H]1CCCCCCCCNc1ccccc1S(=O)(=O)NC2=O. The minimum atomic E-state index is -3.94. The van der Waals surface area contributed by atoms with Crippen molar-refractivity contribution < 1.29 is 13.2 Å². The topological polar surface area (TPSA) is 101 Å². The minimum absolute atomic E-state index is 0.0870. The molecule has 1 saturated carbocycles. The van der Waals surface area contributed by atoms with Crippen LogP contribution in [0.4, 0.5) is 5.69 Å². The molecule has 2 aliphatic rings. The summed E-state index contributed by atoms with van der Waals surface area (Å²) in [6, 6.07) is 6.67. The van der Waals surface area contributed by atoms with Crippen LogP contribution in [-0.2, 0) is 14.8 Å². The van der Waals surface area contributed by atoms with Crippen LogP contribution in [0.25, 0.3) is 0 Å². The van der Waals surface area contributed by atoms with E-state index in [0.29, 0.717) is 18.7 Å². The molecular formula is C18H27N3O3S. The molecule has 0 unspecified atom stereocenters. The van der Waals surface area contributed by atoms with Crippen molar-refractivity contribution in [2.75, 3.05) is 11.9 Å². The number of rotatable bonds is 0. The molecule has 1 aromatic rings. The Morgan fingerprint density at radius 2 is 1.72 bits per heavy atom. The third-order valence-corrected chi connectivity index (χ3v) is 6.66. The summed E-state index contributed by atoms with van der Waals surface area (Å²) >= 11 is 0. The maximum Gasteiger partial charge on any atom is 0.266 e. The van der Waals surface area contributed by atoms with E-state index in [1.54, 1.807) is 18.2 Å². The quantitative estimate of drug-likeness (QED) is 0.655. The number of nitrogens with two attached hydrogens (primary N) is 1. The van der Waals surface area contributed by atoms with E-state index in [1.807, 2.05) is 0 Å². The lowest BCUT2D eigenvalue weighted by Gasteiger charge is -2.16. The normalized spacial score (nSPS) is 30.3. The lowest BCUT2D eigenvalue weighted by molar-refractivity contribution is -0.121. The number of sulfonamides is 1. The van der Waals surface area contributed by atoms with Gasteiger partial charge in [-0.1, -0.05) is 44.2 Å². The molecule has 1 aliphatic heterocycles. The molecular weight excluding hydrogens is 338 g/mol. The summed E-state index contributed by atoms with van der Waals surface area (Å²) in [4.78, 5) is 12.6. The number of carbonyl (C=O) groups excluding carboxylic acids is 1. The lowest BCUT2D eigenvalue weighted by atomic mass is 10.1. The first-order chi connectivity index (χ1) is 11.9. The van der Waals surface area contributed by atoms with Crippen LogP contribution in [0, 0.1) is 5.92 Å². The second-order valence-corrected chi connectivity index (χ2v) is 8.86. The number of para-hydroxylation sites is 1. The van der Waals surface area contributed by atoms with Crippen molar-refractivity contribution in [3.05, 3.63) is 24.3 Å². The van der Waals surface area contributed by atoms with Crippen molar-refractivity contribution in [2.24, 2.45) is 11.7 Å². The number of anilines is 1. The number of nitrogens with one attached hydrogen (secondary N) is 2. The zero-order valence-electron chi connectivity index (χ0n) is 14.5. The van der Waals surface area contributed by atoms with Gasteiger partial charge in [-0.15, -0.1) is 0 Å². The van der Waals surface area contributed by atoms with E-state index in [4.69, 9.17) is 5.73 Å². The molecule has 7 heteroatoms. The zero-order valence-corrected chi connectivity index (χ0v) is 15.3. The first-order valence-corrected chi connectivity index (χ1v) is 10.6. The highest BCUT2D eigenvalue weighted by Crippen LogP contribution is 2.45. The van der Waals surface area contributed by atoms with Crippen molar-refractivity contribution in [3.8, 4) is 0 Å². The highest BCUT2D eigenvalue weighted by atomic mass is 32.2. The van der Waals surface area contributed by atoms with Gasteiger partial charge < -0.3 is 11.1 Å². The largest absolute Gasteiger partial charge is 0.384 e. The van der Waals surface area contributed by atoms with Crippen molar-refractivity contribution in [3.63, 3.8) is 0 Å². The number of hydrogen-bond acceptors (Lipinski definition) is 5. The smallest absolute Gasteiger partial charge is 0.266 e. The molecule has 25 heavy (non-hydrogen) atoms. The number of fused-ring (bicyclic) bond motifs is 2. The summed E-state index contributed by atoms with van der Waals surface area (Å²) in [6.07, 6.45) is 8.14. The Hall–Kier alpha value is -1.60. The molecule has 0 aromatic heterocycles. The number of carbonyl (C=O) groups is 1. The van der Waals surface area contributed by atoms with E-state index >= 15 is 0 Å². The standard InChI is InChI=1S/C18H27N3O3S/c19-18-13-14(18)9-5-3-1-2-4-8-12-20-15-10-6-7-11-16(15)25(23,24)21-17(18)22/h6-7,10-11,14,20H,1-5,8-9,12-13,19H2,(H,21,22)/t14-,18-/m1/s1. The fourth-order valence-electron chi connectivity index (χ4n) is 3.55. The van der Waals surface area contributed by atoms with Gasteiger partial charge in [-0.3, -0.25) is 4.79 Å². The van der Waals surface area contributed by atoms with Gasteiger partial charge in [-0.25, -0.2) is 13.1 Å². The summed E-state index contributed by atoms with van der Waals surface area (Å²) in [5.74, 6) is -0.497. The third-order valence-electron chi connectivity index (χ3n) is 5.27. The molecule has 0 spiro atoms. The Morgan fingerprint density at radius 3 is 2.52 bits per heavy atom. The third kappa shape index (κ3) is 4.15. The average Bonchev–Trinajstić information content (AvgIpc) is 3.24. The fraction of sp³-hybridized carbons (Fsp3) is 0.611. The summed E-state index contributed by atoms with van der Waals surface area (Å²) < 4.78 is 27.5. The van der Waals surface area contributed by atoms with Crippen LogP contribution in [0.15, 0.2) is 29.2 Å². The van der Waals surface area contributed by atoms with E-state index in [-0.39, 0.29) is 10.8 Å². The van der Waals surface area contributed by atoms with Gasteiger partial charge >= 0.3 is 0 Å². The van der Waals surface area contributed by atoms with Crippen LogP contribution in [-0.4, -0.2) is 26.4 Å². The molecule has 2 atom stereocenters. The van der Waals surface area contributed by atoms with E-state index in [1.165, 1.54) is 18.9 Å². The lowest BCUT2D eigenvalue weighted by Crippen LogP contribution is -2.46. The van der Waals surface area contributed by atoms with Gasteiger partial charge in [-0.2, -0.15) is 0 Å². The molecule has 1 aliphatic carbocycles. The molecule has 1 heterocycles. The number of hydrogen-bond donors (Lipinski definition) is 3. The summed E-state index contributed by atoms with van der Waals surface area (Å²) in [6.45, 7) is 0.712. The van der Waals surface area contributed by atoms with E-state index in [9.17, 15) is 13.2 Å². The molecule has 1 amide bonds. The van der Waals surface area contributed by atoms with Gasteiger partial charge in [0.2, 0.25) is 0 Å². The van der Waals surface area contributed by atoms with Gasteiger partial charge in [0.25, 0.3) is 15.9 Å². The van der Waals surface area contributed by atoms with Crippen LogP contribution >= 0.6 is 0 Å². The minimum Gasteiger partial charge on any atom is -0.384 e. The summed E-state index contributed by atoms with van der Waals surface area (Å²) in [5, 5.41) is 3.18. The van der Waals surface area contributed by atoms with Crippen molar-refractivity contribution in [1.82, 2.24) is 4.72 Å². The molecule has 1 fully saturated rings. The highest BCUT2D eigenvalue weighted by Gasteiger charge is 2.57. The molecule has 6 nitrogen and oxygen atoms in total. The van der Waals surface area contributed by atoms with Gasteiger partial charge in [0.15, 0.2) is 0 Å². The Balaban J connectivity index is 1.82. The van der Waals surface area contributed by atoms with Gasteiger partial charge in [0, 0.05) is 6.54 Å². The van der Waals surface area contributed by atoms with E-state index in [0.717, 1.165) is 32.1 Å². The fourth-order valence-corrected chi connectivity index (χ4v) is 4.78. The Labute approximate surface area is 149 Å². The Morgan fingerprint density at radius 1 is 1.04 bits per heavy atom. The first-order valence-electron chi connectivity index (χ1n) is 9.12. The van der Waals surface area contributed by atoms with Gasteiger partial charge in [0.1, 0.15) is 4.90 Å². The maximum atomic E-state index is 12.7. The monoisotopic (exact) mass is 365 g/mol. The van der Waals surface area contributed by atoms with E-state index < -0.39 is 21.5 Å². The number of amides is 1. The van der Waals surface area contributed by atoms with Crippen LogP contribution in [0.2, 0.25) is 0 Å². The van der Waals surface area contributed by atoms with Gasteiger partial charge in [-0.05, 0) is 37.3 Å². The predicted molar refractivity (Wildman–Crippen MR) is 97.6 cm³/mol. The zero-order chi connectivity index (χ0) is 17.9. The average molecular weight is 365 g/mol. The molecule has 4 N–H and O–H groups in total. The molecule has 0 radical (unpaired) electrons. The van der Waals surface area contributed by atoms with Crippen molar-refractivity contribution in [2.45, 2.75) is 61.8 Å². The number of benzene rings is 1. The predicted octanol–water partition coefficient (Wildman–Crippen LogP) is 2.37. The Kier molecular flexibility index (Phi) is 5.34. The van der Waals surface area contributed by atoms with Crippen LogP contribution in [0.5, 0.6) is 0 Å². The molecule has 0 saturated heterocycles. The van der Waals surface area contributed by atoms with Gasteiger partial charge in [0.05, 0.1) is 11.2 Å². The van der Waals surface area contributed by atoms with E-state index in [2.05, 4.69) is 10.0 Å². The molecule has 138 valence electrons. The second-order valence-electron chi connectivity index (χ2n) is 7.21. The van der Waals surface area contributed by atoms with Crippen molar-refractivity contribution in [1.29, 1.82) is 0 Å². The molecule has 0 bridgehead atoms. The molecule has 3 rings (SSSR count). The first kappa shape index (κ1) is 18.2. The second kappa shape index (κ2) is 7.33. The van der Waals surface area contributed by atoms with Crippen LogP contribution in [0.3, 0.4) is 0 Å². The maximum absolute atomic E-state index is 12.7. The summed E-state index contributed by atoms with van der Waals surface area (Å²) in [5.41, 5.74) is 5.64. The van der Waals surface area contributed by atoms with Crippen molar-refractivity contribution >= 4 is 21.6 Å². The summed E-state index contributed by atoms with van der Waals surface area (Å²) in [7, 11) is -3.94. The Bertz CT molecular complexity index is 735.